The summed E-state index contributed by atoms with van der Waals surface area (Å²) in [7, 11) is 0. The Morgan fingerprint density at radius 1 is 1.29 bits per heavy atom. The molecule has 0 aromatic heterocycles. The van der Waals surface area contributed by atoms with Crippen molar-refractivity contribution in [2.75, 3.05) is 26.2 Å². The molecule has 4 nitrogen and oxygen atoms in total. The van der Waals surface area contributed by atoms with Gasteiger partial charge < -0.3 is 15.0 Å². The van der Waals surface area contributed by atoms with Crippen molar-refractivity contribution in [3.63, 3.8) is 0 Å². The van der Waals surface area contributed by atoms with E-state index in [9.17, 15) is 4.79 Å². The van der Waals surface area contributed by atoms with E-state index in [0.29, 0.717) is 6.61 Å². The second-order valence-corrected chi connectivity index (χ2v) is 4.52. The highest BCUT2D eigenvalue weighted by Gasteiger charge is 2.22. The van der Waals surface area contributed by atoms with Crippen molar-refractivity contribution in [1.29, 1.82) is 0 Å². The van der Waals surface area contributed by atoms with Crippen LogP contribution in [0.2, 0.25) is 0 Å². The summed E-state index contributed by atoms with van der Waals surface area (Å²) in [5.74, 6) is -0.143. The van der Waals surface area contributed by atoms with Gasteiger partial charge in [0.1, 0.15) is 6.04 Å². The topological polar surface area (TPSA) is 41.6 Å². The first kappa shape index (κ1) is 16.4. The predicted octanol–water partition coefficient (Wildman–Crippen LogP) is 1.65. The van der Waals surface area contributed by atoms with E-state index in [1.807, 2.05) is 20.8 Å². The third-order valence-corrected chi connectivity index (χ3v) is 2.53. The Morgan fingerprint density at radius 3 is 2.35 bits per heavy atom. The standard InChI is InChI=1S/C13H28N2O2/c1-6-9-15(7-2)10-12(14-11(4)5)13(16)17-8-3/h11-12,14H,6-10H2,1-5H3. The number of nitrogens with one attached hydrogen (secondary N) is 1. The maximum atomic E-state index is 11.8. The molecule has 0 aliphatic carbocycles. The number of carbonyl (C=O) groups is 1. The number of likely N-dealkylation sites (N-methyl/N-ethyl adjacent to an activating group) is 1. The first-order valence-corrected chi connectivity index (χ1v) is 6.70. The smallest absolute Gasteiger partial charge is 0.324 e. The van der Waals surface area contributed by atoms with Gasteiger partial charge in [-0.05, 0) is 26.4 Å². The maximum absolute atomic E-state index is 11.8. The van der Waals surface area contributed by atoms with E-state index in [1.165, 1.54) is 0 Å². The summed E-state index contributed by atoms with van der Waals surface area (Å²) < 4.78 is 5.10. The summed E-state index contributed by atoms with van der Waals surface area (Å²) in [4.78, 5) is 14.1. The molecular formula is C13H28N2O2. The lowest BCUT2D eigenvalue weighted by Gasteiger charge is -2.26. The third kappa shape index (κ3) is 7.34. The largest absolute Gasteiger partial charge is 0.465 e. The Labute approximate surface area is 106 Å². The molecule has 0 aromatic rings. The van der Waals surface area contributed by atoms with Crippen molar-refractivity contribution in [3.8, 4) is 0 Å². The molecule has 0 aromatic carbocycles. The normalized spacial score (nSPS) is 13.1. The van der Waals surface area contributed by atoms with Crippen LogP contribution in [0.1, 0.15) is 41.0 Å². The monoisotopic (exact) mass is 244 g/mol. The van der Waals surface area contributed by atoms with E-state index in [-0.39, 0.29) is 18.1 Å². The zero-order valence-corrected chi connectivity index (χ0v) is 12.0. The fourth-order valence-corrected chi connectivity index (χ4v) is 1.79. The predicted molar refractivity (Wildman–Crippen MR) is 71.1 cm³/mol. The van der Waals surface area contributed by atoms with Crippen LogP contribution in [0.4, 0.5) is 0 Å². The first-order chi connectivity index (χ1) is 8.04. The molecule has 0 bridgehead atoms. The number of ether oxygens (including phenoxy) is 1. The quantitative estimate of drug-likeness (QED) is 0.626. The van der Waals surface area contributed by atoms with Gasteiger partial charge >= 0.3 is 5.97 Å². The molecule has 0 fully saturated rings. The van der Waals surface area contributed by atoms with Gasteiger partial charge in [0, 0.05) is 12.6 Å². The van der Waals surface area contributed by atoms with Gasteiger partial charge in [-0.25, -0.2) is 0 Å². The SMILES string of the molecule is CCCN(CC)CC(NC(C)C)C(=O)OCC. The van der Waals surface area contributed by atoms with E-state index in [0.717, 1.165) is 26.1 Å². The van der Waals surface area contributed by atoms with Gasteiger partial charge in [0.2, 0.25) is 0 Å². The molecule has 0 heterocycles. The van der Waals surface area contributed by atoms with Crippen LogP contribution in [-0.2, 0) is 9.53 Å². The van der Waals surface area contributed by atoms with Crippen molar-refractivity contribution in [1.82, 2.24) is 10.2 Å². The Balaban J connectivity index is 4.39. The number of rotatable bonds is 9. The van der Waals surface area contributed by atoms with Crippen LogP contribution >= 0.6 is 0 Å². The molecule has 0 aliphatic heterocycles. The number of hydrogen-bond acceptors (Lipinski definition) is 4. The number of hydrogen-bond donors (Lipinski definition) is 1. The Hall–Kier alpha value is -0.610. The average molecular weight is 244 g/mol. The van der Waals surface area contributed by atoms with Gasteiger partial charge in [-0.15, -0.1) is 0 Å². The van der Waals surface area contributed by atoms with Crippen LogP contribution in [0.25, 0.3) is 0 Å². The van der Waals surface area contributed by atoms with Crippen LogP contribution in [0, 0.1) is 0 Å². The number of nitrogens with zero attached hydrogens (tertiary/aromatic N) is 1. The average Bonchev–Trinajstić information content (AvgIpc) is 2.27. The van der Waals surface area contributed by atoms with Gasteiger partial charge in [-0.3, -0.25) is 4.79 Å². The third-order valence-electron chi connectivity index (χ3n) is 2.53. The molecule has 1 atom stereocenters. The highest BCUT2D eigenvalue weighted by molar-refractivity contribution is 5.76. The molecule has 4 heteroatoms. The summed E-state index contributed by atoms with van der Waals surface area (Å²) in [6.07, 6.45) is 1.10. The zero-order chi connectivity index (χ0) is 13.3. The fourth-order valence-electron chi connectivity index (χ4n) is 1.79. The maximum Gasteiger partial charge on any atom is 0.324 e. The van der Waals surface area contributed by atoms with Crippen LogP contribution in [-0.4, -0.2) is 49.2 Å². The summed E-state index contributed by atoms with van der Waals surface area (Å²) in [5.41, 5.74) is 0. The molecule has 0 saturated heterocycles. The second kappa shape index (κ2) is 9.42. The highest BCUT2D eigenvalue weighted by Crippen LogP contribution is 1.99. The fraction of sp³-hybridized carbons (Fsp3) is 0.923. The molecular weight excluding hydrogens is 216 g/mol. The minimum atomic E-state index is -0.221. The molecule has 0 amide bonds. The van der Waals surface area contributed by atoms with E-state index in [1.54, 1.807) is 0 Å². The lowest BCUT2D eigenvalue weighted by Crippen LogP contribution is -2.49. The van der Waals surface area contributed by atoms with Gasteiger partial charge in [-0.2, -0.15) is 0 Å². The minimum Gasteiger partial charge on any atom is -0.465 e. The first-order valence-electron chi connectivity index (χ1n) is 6.70. The van der Waals surface area contributed by atoms with E-state index in [2.05, 4.69) is 24.1 Å². The Bertz CT molecular complexity index is 208. The van der Waals surface area contributed by atoms with Crippen LogP contribution < -0.4 is 5.32 Å². The molecule has 1 unspecified atom stereocenters. The van der Waals surface area contributed by atoms with Gasteiger partial charge in [-0.1, -0.05) is 27.7 Å². The van der Waals surface area contributed by atoms with Crippen LogP contribution in [0.5, 0.6) is 0 Å². The Morgan fingerprint density at radius 2 is 1.94 bits per heavy atom. The van der Waals surface area contributed by atoms with Gasteiger partial charge in [0.15, 0.2) is 0 Å². The molecule has 1 N–H and O–H groups in total. The van der Waals surface area contributed by atoms with Crippen LogP contribution in [0.15, 0.2) is 0 Å². The lowest BCUT2D eigenvalue weighted by atomic mass is 10.2. The van der Waals surface area contributed by atoms with Crippen molar-refractivity contribution in [3.05, 3.63) is 0 Å². The molecule has 0 saturated carbocycles. The summed E-state index contributed by atoms with van der Waals surface area (Å²) >= 11 is 0. The van der Waals surface area contributed by atoms with Crippen molar-refractivity contribution < 1.29 is 9.53 Å². The molecule has 102 valence electrons. The van der Waals surface area contributed by atoms with Gasteiger partial charge in [0.05, 0.1) is 6.61 Å². The van der Waals surface area contributed by atoms with E-state index in [4.69, 9.17) is 4.74 Å². The number of esters is 1. The summed E-state index contributed by atoms with van der Waals surface area (Å²) in [6.45, 7) is 13.3. The molecule has 17 heavy (non-hydrogen) atoms. The minimum absolute atomic E-state index is 0.143. The summed E-state index contributed by atoms with van der Waals surface area (Å²) in [6, 6.07) is 0.0613. The lowest BCUT2D eigenvalue weighted by molar-refractivity contribution is -0.146. The van der Waals surface area contributed by atoms with Crippen molar-refractivity contribution >= 4 is 5.97 Å². The van der Waals surface area contributed by atoms with Gasteiger partial charge in [0.25, 0.3) is 0 Å². The molecule has 0 spiro atoms. The van der Waals surface area contributed by atoms with Crippen molar-refractivity contribution in [2.45, 2.75) is 53.1 Å². The molecule has 0 aliphatic rings. The second-order valence-electron chi connectivity index (χ2n) is 4.52. The number of carbonyl (C=O) groups excluding carboxylic acids is 1. The van der Waals surface area contributed by atoms with E-state index >= 15 is 0 Å². The molecule has 0 rings (SSSR count). The van der Waals surface area contributed by atoms with Crippen molar-refractivity contribution in [2.24, 2.45) is 0 Å². The summed E-state index contributed by atoms with van der Waals surface area (Å²) in [5, 5.41) is 3.27. The Kier molecular flexibility index (Phi) is 9.09. The zero-order valence-electron chi connectivity index (χ0n) is 12.0. The van der Waals surface area contributed by atoms with E-state index < -0.39 is 0 Å². The highest BCUT2D eigenvalue weighted by atomic mass is 16.5. The molecule has 0 radical (unpaired) electrons. The van der Waals surface area contributed by atoms with Crippen LogP contribution in [0.3, 0.4) is 0 Å².